The third-order valence-corrected chi connectivity index (χ3v) is 5.80. The molecule has 1 saturated carbocycles. The zero-order valence-corrected chi connectivity index (χ0v) is 17.8. The summed E-state index contributed by atoms with van der Waals surface area (Å²) < 4.78 is 35.8. The van der Waals surface area contributed by atoms with Gasteiger partial charge in [-0.1, -0.05) is 0 Å². The normalized spacial score (nSPS) is 22.2. The van der Waals surface area contributed by atoms with E-state index in [-0.39, 0.29) is 35.2 Å². The van der Waals surface area contributed by atoms with Crippen molar-refractivity contribution in [3.05, 3.63) is 46.3 Å². The lowest BCUT2D eigenvalue weighted by Crippen LogP contribution is -2.31. The van der Waals surface area contributed by atoms with E-state index in [1.54, 1.807) is 13.1 Å². The van der Waals surface area contributed by atoms with Crippen molar-refractivity contribution in [1.29, 1.82) is 0 Å². The Balaban J connectivity index is 1.50. The second-order valence-corrected chi connectivity index (χ2v) is 8.18. The molecule has 2 aliphatic rings. The number of nitrogens with one attached hydrogen (secondary N) is 3. The maximum atomic E-state index is 14.4. The number of pyridine rings is 1. The van der Waals surface area contributed by atoms with E-state index in [0.717, 1.165) is 12.5 Å². The van der Waals surface area contributed by atoms with E-state index in [1.807, 2.05) is 0 Å². The fraction of sp³-hybridized carbons (Fsp3) is 0.429. The van der Waals surface area contributed by atoms with Gasteiger partial charge in [-0.25, -0.2) is 13.8 Å². The summed E-state index contributed by atoms with van der Waals surface area (Å²) >= 11 is 0. The Hall–Kier alpha value is -3.54. The average Bonchev–Trinajstić information content (AvgIpc) is 3.33. The molecule has 174 valence electrons. The Labute approximate surface area is 186 Å². The summed E-state index contributed by atoms with van der Waals surface area (Å²) in [5.74, 6) is -0.376. The van der Waals surface area contributed by atoms with Crippen LogP contribution in [0.4, 0.5) is 26.1 Å². The predicted octanol–water partition coefficient (Wildman–Crippen LogP) is 2.01. The molecule has 1 unspecified atom stereocenters. The van der Waals surface area contributed by atoms with Crippen molar-refractivity contribution in [1.82, 2.24) is 24.5 Å². The van der Waals surface area contributed by atoms with Gasteiger partial charge in [-0.05, 0) is 12.8 Å². The molecule has 1 aliphatic heterocycles. The molecule has 1 amide bonds. The molecule has 1 saturated heterocycles. The number of rotatable bonds is 6. The molecule has 10 nitrogen and oxygen atoms in total. The molecule has 12 heteroatoms. The highest BCUT2D eigenvalue weighted by Gasteiger charge is 2.39. The van der Waals surface area contributed by atoms with Crippen LogP contribution in [0.1, 0.15) is 35.7 Å². The van der Waals surface area contributed by atoms with Crippen molar-refractivity contribution < 1.29 is 18.3 Å². The van der Waals surface area contributed by atoms with Crippen molar-refractivity contribution in [2.24, 2.45) is 0 Å². The molecule has 0 bridgehead atoms. The van der Waals surface area contributed by atoms with E-state index in [1.165, 1.54) is 21.5 Å². The molecule has 3 aromatic heterocycles. The Morgan fingerprint density at radius 2 is 2.15 bits per heavy atom. The number of fused-ring (bicyclic) bond motifs is 1. The first-order valence-electron chi connectivity index (χ1n) is 10.7. The minimum Gasteiger partial charge on any atom is -0.379 e. The standard InChI is InChI=1S/C21H23F2N7O3/c1-24-18-7-17(28-19-13(8-25-30(18)19)20(31)27-15-6-14(15)23)26-16-5-11(22)9-29(21(16)32)12-3-2-4-33-10-12/h5,7-9,12,14-15,24H,2-4,6,10H2,1H3,(H,26,28)(H,27,31)/t12?,14-,15+/m1/s1. The lowest BCUT2D eigenvalue weighted by molar-refractivity contribution is 0.0577. The van der Waals surface area contributed by atoms with Crippen LogP contribution in [0.5, 0.6) is 0 Å². The van der Waals surface area contributed by atoms with E-state index in [9.17, 15) is 18.4 Å². The van der Waals surface area contributed by atoms with Gasteiger partial charge in [-0.2, -0.15) is 9.61 Å². The summed E-state index contributed by atoms with van der Waals surface area (Å²) in [5, 5.41) is 12.6. The third-order valence-electron chi connectivity index (χ3n) is 5.80. The van der Waals surface area contributed by atoms with Gasteiger partial charge in [0.1, 0.15) is 34.9 Å². The highest BCUT2D eigenvalue weighted by molar-refractivity contribution is 6.00. The van der Waals surface area contributed by atoms with Crippen molar-refractivity contribution in [2.75, 3.05) is 30.9 Å². The van der Waals surface area contributed by atoms with Crippen LogP contribution in [0, 0.1) is 5.82 Å². The fourth-order valence-corrected chi connectivity index (χ4v) is 3.93. The van der Waals surface area contributed by atoms with Gasteiger partial charge in [0, 0.05) is 38.4 Å². The maximum absolute atomic E-state index is 14.4. The molecule has 1 aliphatic carbocycles. The van der Waals surface area contributed by atoms with Crippen molar-refractivity contribution >= 4 is 28.9 Å². The second-order valence-electron chi connectivity index (χ2n) is 8.18. The zero-order valence-electron chi connectivity index (χ0n) is 17.8. The fourth-order valence-electron chi connectivity index (χ4n) is 3.93. The Morgan fingerprint density at radius 1 is 1.33 bits per heavy atom. The molecule has 4 heterocycles. The molecular formula is C21H23F2N7O3. The van der Waals surface area contributed by atoms with Gasteiger partial charge in [0.2, 0.25) is 0 Å². The molecular weight excluding hydrogens is 436 g/mol. The average molecular weight is 459 g/mol. The monoisotopic (exact) mass is 459 g/mol. The third kappa shape index (κ3) is 4.13. The largest absolute Gasteiger partial charge is 0.379 e. The number of hydrogen-bond acceptors (Lipinski definition) is 7. The number of nitrogens with zero attached hydrogens (tertiary/aromatic N) is 4. The van der Waals surface area contributed by atoms with Gasteiger partial charge in [0.25, 0.3) is 11.5 Å². The van der Waals surface area contributed by atoms with Gasteiger partial charge in [0.15, 0.2) is 5.65 Å². The predicted molar refractivity (Wildman–Crippen MR) is 116 cm³/mol. The first-order valence-corrected chi connectivity index (χ1v) is 10.7. The van der Waals surface area contributed by atoms with E-state index in [2.05, 4.69) is 26.0 Å². The van der Waals surface area contributed by atoms with Crippen LogP contribution >= 0.6 is 0 Å². The minimum absolute atomic E-state index is 0.00300. The van der Waals surface area contributed by atoms with E-state index in [0.29, 0.717) is 25.5 Å². The smallest absolute Gasteiger partial charge is 0.274 e. The van der Waals surface area contributed by atoms with Gasteiger partial charge in [-0.3, -0.25) is 9.59 Å². The SMILES string of the molecule is CNc1cc(Nc2cc(F)cn(C3CCCOC3)c2=O)nc2c(C(=O)N[C@H]3C[C@H]3F)cnn12. The topological polar surface area (TPSA) is 115 Å². The van der Waals surface area contributed by atoms with Crippen LogP contribution in [-0.2, 0) is 4.74 Å². The minimum atomic E-state index is -1.04. The van der Waals surface area contributed by atoms with Crippen LogP contribution in [0.3, 0.4) is 0 Å². The lowest BCUT2D eigenvalue weighted by atomic mass is 10.1. The van der Waals surface area contributed by atoms with Crippen LogP contribution in [0.15, 0.2) is 29.3 Å². The van der Waals surface area contributed by atoms with Crippen LogP contribution in [-0.4, -0.2) is 57.5 Å². The molecule has 2 fully saturated rings. The highest BCUT2D eigenvalue weighted by atomic mass is 19.1. The van der Waals surface area contributed by atoms with Gasteiger partial charge < -0.3 is 25.3 Å². The van der Waals surface area contributed by atoms with Gasteiger partial charge in [-0.15, -0.1) is 0 Å². The molecule has 0 radical (unpaired) electrons. The number of anilines is 3. The summed E-state index contributed by atoms with van der Waals surface area (Å²) in [5.41, 5.74) is -0.0439. The summed E-state index contributed by atoms with van der Waals surface area (Å²) in [7, 11) is 1.66. The molecule has 0 spiro atoms. The maximum Gasteiger partial charge on any atom is 0.274 e. The first kappa shape index (κ1) is 21.3. The Kier molecular flexibility index (Phi) is 5.44. The number of alkyl halides is 1. The van der Waals surface area contributed by atoms with Crippen molar-refractivity contribution in [2.45, 2.75) is 37.5 Å². The number of aromatic nitrogens is 4. The molecule has 33 heavy (non-hydrogen) atoms. The van der Waals surface area contributed by atoms with E-state index < -0.39 is 29.5 Å². The number of ether oxygens (including phenoxy) is 1. The zero-order chi connectivity index (χ0) is 23.1. The summed E-state index contributed by atoms with van der Waals surface area (Å²) in [6.45, 7) is 0.961. The first-order chi connectivity index (χ1) is 15.9. The number of carbonyl (C=O) groups excluding carboxylic acids is 1. The number of carbonyl (C=O) groups is 1. The second kappa shape index (κ2) is 8.43. The summed E-state index contributed by atoms with van der Waals surface area (Å²) in [4.78, 5) is 30.0. The molecule has 3 aromatic rings. The van der Waals surface area contributed by atoms with Crippen LogP contribution < -0.4 is 21.5 Å². The summed E-state index contributed by atoms with van der Waals surface area (Å²) in [6.07, 6.45) is 3.26. The van der Waals surface area contributed by atoms with Gasteiger partial charge in [0.05, 0.1) is 24.9 Å². The Bertz CT molecular complexity index is 1270. The number of halogens is 2. The molecule has 3 atom stereocenters. The van der Waals surface area contributed by atoms with Gasteiger partial charge >= 0.3 is 0 Å². The number of hydrogen-bond donors (Lipinski definition) is 3. The molecule has 5 rings (SSSR count). The van der Waals surface area contributed by atoms with Crippen LogP contribution in [0.2, 0.25) is 0 Å². The highest BCUT2D eigenvalue weighted by Crippen LogP contribution is 2.26. The molecule has 0 aromatic carbocycles. The Morgan fingerprint density at radius 3 is 2.85 bits per heavy atom. The van der Waals surface area contributed by atoms with E-state index >= 15 is 0 Å². The van der Waals surface area contributed by atoms with Crippen LogP contribution in [0.25, 0.3) is 5.65 Å². The summed E-state index contributed by atoms with van der Waals surface area (Å²) in [6, 6.07) is 1.93. The van der Waals surface area contributed by atoms with Crippen molar-refractivity contribution in [3.63, 3.8) is 0 Å². The lowest BCUT2D eigenvalue weighted by Gasteiger charge is -2.24. The molecule has 3 N–H and O–H groups in total. The number of amides is 1. The van der Waals surface area contributed by atoms with Crippen molar-refractivity contribution in [3.8, 4) is 0 Å². The quantitative estimate of drug-likeness (QED) is 0.517. The van der Waals surface area contributed by atoms with E-state index in [4.69, 9.17) is 4.74 Å².